The van der Waals surface area contributed by atoms with Crippen molar-refractivity contribution in [3.05, 3.63) is 64.7 Å². The van der Waals surface area contributed by atoms with Crippen LogP contribution in [0.15, 0.2) is 47.4 Å². The molecular weight excluding hydrogens is 426 g/mol. The van der Waals surface area contributed by atoms with Gasteiger partial charge in [0.1, 0.15) is 0 Å². The summed E-state index contributed by atoms with van der Waals surface area (Å²) in [7, 11) is -3.63. The Morgan fingerprint density at radius 1 is 1.00 bits per heavy atom. The van der Waals surface area contributed by atoms with Crippen molar-refractivity contribution in [2.75, 3.05) is 13.1 Å². The third kappa shape index (κ3) is 4.71. The first-order valence-electron chi connectivity index (χ1n) is 11.1. The normalized spacial score (nSPS) is 17.2. The number of sulfonamides is 1. The van der Waals surface area contributed by atoms with Crippen molar-refractivity contribution in [3.8, 4) is 0 Å². The van der Waals surface area contributed by atoms with Gasteiger partial charge in [-0.1, -0.05) is 24.6 Å². The molecule has 1 saturated heterocycles. The Bertz CT molecular complexity index is 1120. The second-order valence-electron chi connectivity index (χ2n) is 8.67. The van der Waals surface area contributed by atoms with Gasteiger partial charge in [0.15, 0.2) is 0 Å². The van der Waals surface area contributed by atoms with E-state index in [4.69, 9.17) is 5.73 Å². The molecule has 1 aliphatic heterocycles. The largest absolute Gasteiger partial charge is 0.366 e. The SMILES string of the molecule is Cc1ccc(C(=O)N(Cc2ccc(C(N)=O)cc2)C2CC2)cc1S(=O)(=O)N1CCCCC1. The highest BCUT2D eigenvalue weighted by atomic mass is 32.2. The number of piperidine rings is 1. The number of benzene rings is 2. The number of carbonyl (C=O) groups excluding carboxylic acids is 2. The third-order valence-corrected chi connectivity index (χ3v) is 8.25. The van der Waals surface area contributed by atoms with Gasteiger partial charge < -0.3 is 10.6 Å². The third-order valence-electron chi connectivity index (χ3n) is 6.21. The van der Waals surface area contributed by atoms with Crippen molar-refractivity contribution < 1.29 is 18.0 Å². The topological polar surface area (TPSA) is 101 Å². The van der Waals surface area contributed by atoms with Gasteiger partial charge >= 0.3 is 0 Å². The highest BCUT2D eigenvalue weighted by Crippen LogP contribution is 2.31. The minimum absolute atomic E-state index is 0.141. The maximum atomic E-state index is 13.4. The zero-order valence-electron chi connectivity index (χ0n) is 18.3. The predicted molar refractivity (Wildman–Crippen MR) is 122 cm³/mol. The lowest BCUT2D eigenvalue weighted by molar-refractivity contribution is 0.0729. The first-order chi connectivity index (χ1) is 15.3. The summed E-state index contributed by atoms with van der Waals surface area (Å²) >= 11 is 0. The molecule has 1 saturated carbocycles. The van der Waals surface area contributed by atoms with Gasteiger partial charge in [-0.25, -0.2) is 8.42 Å². The minimum atomic E-state index is -3.63. The van der Waals surface area contributed by atoms with Gasteiger partial charge in [0.05, 0.1) is 4.90 Å². The van der Waals surface area contributed by atoms with Gasteiger partial charge in [-0.3, -0.25) is 9.59 Å². The van der Waals surface area contributed by atoms with Crippen LogP contribution in [0.3, 0.4) is 0 Å². The molecule has 2 N–H and O–H groups in total. The van der Waals surface area contributed by atoms with Gasteiger partial charge in [-0.05, 0) is 68.0 Å². The molecule has 0 atom stereocenters. The van der Waals surface area contributed by atoms with Crippen molar-refractivity contribution in [1.29, 1.82) is 0 Å². The molecule has 0 unspecified atom stereocenters. The smallest absolute Gasteiger partial charge is 0.254 e. The maximum Gasteiger partial charge on any atom is 0.254 e. The molecule has 0 radical (unpaired) electrons. The number of nitrogens with zero attached hydrogens (tertiary/aromatic N) is 2. The van der Waals surface area contributed by atoms with E-state index in [1.54, 1.807) is 48.2 Å². The molecule has 7 nitrogen and oxygen atoms in total. The fraction of sp³-hybridized carbons (Fsp3) is 0.417. The van der Waals surface area contributed by atoms with E-state index < -0.39 is 15.9 Å². The summed E-state index contributed by atoms with van der Waals surface area (Å²) < 4.78 is 28.0. The van der Waals surface area contributed by atoms with E-state index in [1.807, 2.05) is 0 Å². The van der Waals surface area contributed by atoms with Crippen molar-refractivity contribution in [3.63, 3.8) is 0 Å². The van der Waals surface area contributed by atoms with Crippen molar-refractivity contribution >= 4 is 21.8 Å². The van der Waals surface area contributed by atoms with Crippen LogP contribution in [-0.2, 0) is 16.6 Å². The van der Waals surface area contributed by atoms with Gasteiger partial charge in [-0.2, -0.15) is 4.31 Å². The van der Waals surface area contributed by atoms with Gasteiger partial charge in [-0.15, -0.1) is 0 Å². The molecule has 0 spiro atoms. The summed E-state index contributed by atoms with van der Waals surface area (Å²) in [6.07, 6.45) is 4.62. The number of nitrogens with two attached hydrogens (primary N) is 1. The Balaban J connectivity index is 1.59. The number of primary amides is 1. The molecule has 0 bridgehead atoms. The number of rotatable bonds is 7. The van der Waals surface area contributed by atoms with E-state index in [0.29, 0.717) is 36.3 Å². The van der Waals surface area contributed by atoms with Crippen LogP contribution in [0.2, 0.25) is 0 Å². The van der Waals surface area contributed by atoms with Crippen LogP contribution in [0.25, 0.3) is 0 Å². The lowest BCUT2D eigenvalue weighted by Gasteiger charge is -2.27. The Kier molecular flexibility index (Phi) is 6.35. The van der Waals surface area contributed by atoms with E-state index in [1.165, 1.54) is 10.4 Å². The molecule has 170 valence electrons. The van der Waals surface area contributed by atoms with Crippen LogP contribution >= 0.6 is 0 Å². The number of carbonyl (C=O) groups is 2. The summed E-state index contributed by atoms with van der Waals surface area (Å²) in [5, 5.41) is 0. The van der Waals surface area contributed by atoms with Gasteiger partial charge in [0.25, 0.3) is 5.91 Å². The van der Waals surface area contributed by atoms with Crippen molar-refractivity contribution in [2.45, 2.75) is 56.5 Å². The summed E-state index contributed by atoms with van der Waals surface area (Å²) in [4.78, 5) is 26.7. The van der Waals surface area contributed by atoms with Crippen LogP contribution in [0.4, 0.5) is 0 Å². The Labute approximate surface area is 189 Å². The van der Waals surface area contributed by atoms with Gasteiger partial charge in [0, 0.05) is 36.8 Å². The molecule has 1 aliphatic carbocycles. The molecule has 2 aromatic carbocycles. The summed E-state index contributed by atoms with van der Waals surface area (Å²) in [5.41, 5.74) is 7.65. The van der Waals surface area contributed by atoms with Crippen molar-refractivity contribution in [2.24, 2.45) is 5.73 Å². The quantitative estimate of drug-likeness (QED) is 0.693. The second-order valence-corrected chi connectivity index (χ2v) is 10.6. The molecule has 2 aliphatic rings. The molecule has 4 rings (SSSR count). The average Bonchev–Trinajstić information content (AvgIpc) is 3.63. The fourth-order valence-corrected chi connectivity index (χ4v) is 5.91. The van der Waals surface area contributed by atoms with E-state index in [9.17, 15) is 18.0 Å². The molecular formula is C24H29N3O4S. The van der Waals surface area contributed by atoms with Crippen LogP contribution in [0.5, 0.6) is 0 Å². The van der Waals surface area contributed by atoms with Gasteiger partial charge in [0.2, 0.25) is 15.9 Å². The Morgan fingerprint density at radius 2 is 1.62 bits per heavy atom. The van der Waals surface area contributed by atoms with E-state index in [2.05, 4.69) is 0 Å². The highest BCUT2D eigenvalue weighted by Gasteiger charge is 2.34. The molecule has 2 amide bonds. The monoisotopic (exact) mass is 455 g/mol. The highest BCUT2D eigenvalue weighted by molar-refractivity contribution is 7.89. The average molecular weight is 456 g/mol. The lowest BCUT2D eigenvalue weighted by Crippen LogP contribution is -2.36. The lowest BCUT2D eigenvalue weighted by atomic mass is 10.1. The van der Waals surface area contributed by atoms with Crippen LogP contribution < -0.4 is 5.73 Å². The van der Waals surface area contributed by atoms with Crippen molar-refractivity contribution in [1.82, 2.24) is 9.21 Å². The number of hydrogen-bond acceptors (Lipinski definition) is 4. The van der Waals surface area contributed by atoms with E-state index in [0.717, 1.165) is 37.7 Å². The zero-order valence-corrected chi connectivity index (χ0v) is 19.1. The van der Waals surface area contributed by atoms with Crippen LogP contribution in [-0.4, -0.2) is 48.6 Å². The number of hydrogen-bond donors (Lipinski definition) is 1. The molecule has 8 heteroatoms. The van der Waals surface area contributed by atoms with Crippen LogP contribution in [0.1, 0.15) is 63.9 Å². The summed E-state index contributed by atoms with van der Waals surface area (Å²) in [6, 6.07) is 12.0. The number of aryl methyl sites for hydroxylation is 1. The van der Waals surface area contributed by atoms with E-state index >= 15 is 0 Å². The summed E-state index contributed by atoms with van der Waals surface area (Å²) in [6.45, 7) is 3.21. The first kappa shape index (κ1) is 22.5. The molecule has 1 heterocycles. The second kappa shape index (κ2) is 9.03. The zero-order chi connectivity index (χ0) is 22.9. The molecule has 2 fully saturated rings. The Morgan fingerprint density at radius 3 is 2.22 bits per heavy atom. The first-order valence-corrected chi connectivity index (χ1v) is 12.5. The maximum absolute atomic E-state index is 13.4. The van der Waals surface area contributed by atoms with E-state index in [-0.39, 0.29) is 16.8 Å². The van der Waals surface area contributed by atoms with Crippen LogP contribution in [0, 0.1) is 6.92 Å². The Hall–Kier alpha value is -2.71. The fourth-order valence-electron chi connectivity index (χ4n) is 4.15. The standard InChI is InChI=1S/C24H29N3O4S/c1-17-5-8-20(15-22(17)32(30,31)26-13-3-2-4-14-26)24(29)27(21-11-12-21)16-18-6-9-19(10-7-18)23(25)28/h5-10,15,21H,2-4,11-14,16H2,1H3,(H2,25,28). The molecule has 0 aromatic heterocycles. The molecule has 32 heavy (non-hydrogen) atoms. The molecule has 2 aromatic rings. The number of amides is 2. The minimum Gasteiger partial charge on any atom is -0.366 e. The summed E-state index contributed by atoms with van der Waals surface area (Å²) in [5.74, 6) is -0.671. The predicted octanol–water partition coefficient (Wildman–Crippen LogP) is 3.07.